The monoisotopic (exact) mass is 260 g/mol. The summed E-state index contributed by atoms with van der Waals surface area (Å²) in [6.07, 6.45) is 1.00. The van der Waals surface area contributed by atoms with Crippen LogP contribution in [0.4, 0.5) is 4.79 Å². The molecule has 0 spiro atoms. The Kier molecular flexibility index (Phi) is 6.18. The van der Waals surface area contributed by atoms with Crippen molar-refractivity contribution in [3.63, 3.8) is 0 Å². The molecule has 0 atom stereocenters. The smallest absolute Gasteiger partial charge is 0.450 e. The SMILES string of the molecule is CCC(C)(C)C(C)(C)OOC=C(C)COC(=O)O. The van der Waals surface area contributed by atoms with Gasteiger partial charge in [0.15, 0.2) is 0 Å². The first kappa shape index (κ1) is 16.8. The molecule has 0 fully saturated rings. The van der Waals surface area contributed by atoms with Gasteiger partial charge in [-0.05, 0) is 32.6 Å². The molecule has 0 unspecified atom stereocenters. The van der Waals surface area contributed by atoms with Crippen LogP contribution in [0.25, 0.3) is 0 Å². The van der Waals surface area contributed by atoms with Gasteiger partial charge in [-0.3, -0.25) is 0 Å². The molecule has 0 radical (unpaired) electrons. The highest BCUT2D eigenvalue weighted by molar-refractivity contribution is 5.57. The Hall–Kier alpha value is -1.23. The zero-order valence-electron chi connectivity index (χ0n) is 12.1. The lowest BCUT2D eigenvalue weighted by atomic mass is 9.75. The highest BCUT2D eigenvalue weighted by Crippen LogP contribution is 2.36. The minimum absolute atomic E-state index is 0.0315. The van der Waals surface area contributed by atoms with Crippen molar-refractivity contribution in [2.45, 2.75) is 53.6 Å². The van der Waals surface area contributed by atoms with Gasteiger partial charge in [-0.1, -0.05) is 20.8 Å². The van der Waals surface area contributed by atoms with Crippen LogP contribution in [0.15, 0.2) is 11.8 Å². The van der Waals surface area contributed by atoms with Crippen LogP contribution in [-0.4, -0.2) is 23.5 Å². The van der Waals surface area contributed by atoms with Crippen molar-refractivity contribution in [1.29, 1.82) is 0 Å². The molecule has 5 heteroatoms. The van der Waals surface area contributed by atoms with Crippen molar-refractivity contribution in [2.24, 2.45) is 5.41 Å². The fourth-order valence-electron chi connectivity index (χ4n) is 0.975. The molecular weight excluding hydrogens is 236 g/mol. The number of hydrogen-bond acceptors (Lipinski definition) is 4. The highest BCUT2D eigenvalue weighted by atomic mass is 17.2. The molecule has 0 aliphatic heterocycles. The molecule has 0 amide bonds. The van der Waals surface area contributed by atoms with E-state index in [0.717, 1.165) is 6.42 Å². The molecule has 1 N–H and O–H groups in total. The van der Waals surface area contributed by atoms with Gasteiger partial charge in [0.2, 0.25) is 0 Å². The standard InChI is InChI=1S/C13H24O5/c1-7-12(3,4)13(5,6)18-17-9-10(2)8-16-11(14)15/h9H,7-8H2,1-6H3,(H,14,15). The lowest BCUT2D eigenvalue weighted by Crippen LogP contribution is -2.40. The molecule has 0 aromatic carbocycles. The number of carboxylic acid groups (broad SMARTS) is 1. The fourth-order valence-corrected chi connectivity index (χ4v) is 0.975. The summed E-state index contributed by atoms with van der Waals surface area (Å²) in [5.41, 5.74) is 0.140. The van der Waals surface area contributed by atoms with Gasteiger partial charge < -0.3 is 14.7 Å². The lowest BCUT2D eigenvalue weighted by Gasteiger charge is -2.38. The summed E-state index contributed by atoms with van der Waals surface area (Å²) in [6.45, 7) is 11.9. The molecule has 0 aliphatic rings. The van der Waals surface area contributed by atoms with E-state index in [1.165, 1.54) is 6.26 Å². The molecule has 5 nitrogen and oxygen atoms in total. The van der Waals surface area contributed by atoms with E-state index in [1.807, 2.05) is 13.8 Å². The van der Waals surface area contributed by atoms with Gasteiger partial charge in [-0.15, -0.1) is 0 Å². The van der Waals surface area contributed by atoms with Gasteiger partial charge in [0.05, 0.1) is 0 Å². The van der Waals surface area contributed by atoms with Crippen molar-refractivity contribution < 1.29 is 24.4 Å². The average Bonchev–Trinajstić information content (AvgIpc) is 2.25. The molecule has 0 aromatic heterocycles. The highest BCUT2D eigenvalue weighted by Gasteiger charge is 2.38. The first-order chi connectivity index (χ1) is 8.12. The van der Waals surface area contributed by atoms with Crippen LogP contribution in [-0.2, 0) is 14.5 Å². The molecule has 18 heavy (non-hydrogen) atoms. The van der Waals surface area contributed by atoms with E-state index in [1.54, 1.807) is 6.92 Å². The van der Waals surface area contributed by atoms with E-state index in [-0.39, 0.29) is 12.0 Å². The second-order valence-corrected chi connectivity index (χ2v) is 5.45. The molecule has 0 heterocycles. The van der Waals surface area contributed by atoms with Crippen LogP contribution in [0.5, 0.6) is 0 Å². The van der Waals surface area contributed by atoms with Crippen molar-refractivity contribution in [3.8, 4) is 0 Å². The summed E-state index contributed by atoms with van der Waals surface area (Å²) in [7, 11) is 0. The average molecular weight is 260 g/mol. The topological polar surface area (TPSA) is 65.0 Å². The molecule has 0 aliphatic carbocycles. The fraction of sp³-hybridized carbons (Fsp3) is 0.769. The molecule has 0 rings (SSSR count). The van der Waals surface area contributed by atoms with Crippen molar-refractivity contribution in [1.82, 2.24) is 0 Å². The third kappa shape index (κ3) is 5.40. The Bertz CT molecular complexity index is 305. The van der Waals surface area contributed by atoms with E-state index < -0.39 is 11.8 Å². The van der Waals surface area contributed by atoms with E-state index >= 15 is 0 Å². The Morgan fingerprint density at radius 3 is 2.28 bits per heavy atom. The second kappa shape index (κ2) is 6.64. The van der Waals surface area contributed by atoms with Gasteiger partial charge in [0, 0.05) is 5.57 Å². The number of ether oxygens (including phenoxy) is 1. The number of carbonyl (C=O) groups is 1. The van der Waals surface area contributed by atoms with Crippen LogP contribution < -0.4 is 0 Å². The quantitative estimate of drug-likeness (QED) is 0.327. The van der Waals surface area contributed by atoms with Crippen molar-refractivity contribution >= 4 is 6.16 Å². The van der Waals surface area contributed by atoms with E-state index in [4.69, 9.17) is 14.9 Å². The number of hydrogen-bond donors (Lipinski definition) is 1. The summed E-state index contributed by atoms with van der Waals surface area (Å²) in [6, 6.07) is 0. The number of rotatable bonds is 7. The molecule has 0 saturated carbocycles. The Balaban J connectivity index is 4.24. The zero-order valence-corrected chi connectivity index (χ0v) is 12.1. The molecule has 0 bridgehead atoms. The predicted octanol–water partition coefficient (Wildman–Crippen LogP) is 3.75. The Morgan fingerprint density at radius 1 is 1.28 bits per heavy atom. The minimum Gasteiger partial charge on any atom is -0.450 e. The summed E-state index contributed by atoms with van der Waals surface area (Å²) < 4.78 is 4.39. The summed E-state index contributed by atoms with van der Waals surface area (Å²) in [5, 5.41) is 8.33. The normalized spacial score (nSPS) is 13.3. The van der Waals surface area contributed by atoms with Crippen LogP contribution in [0.1, 0.15) is 48.0 Å². The van der Waals surface area contributed by atoms with Crippen LogP contribution >= 0.6 is 0 Å². The van der Waals surface area contributed by atoms with Crippen LogP contribution in [0, 0.1) is 5.41 Å². The van der Waals surface area contributed by atoms with Crippen LogP contribution in [0.2, 0.25) is 0 Å². The predicted molar refractivity (Wildman–Crippen MR) is 68.1 cm³/mol. The largest absolute Gasteiger partial charge is 0.506 e. The maximum Gasteiger partial charge on any atom is 0.506 e. The molecule has 0 aromatic rings. The Labute approximate surface area is 109 Å². The zero-order chi connectivity index (χ0) is 14.4. The summed E-state index contributed by atoms with van der Waals surface area (Å²) >= 11 is 0. The minimum atomic E-state index is -1.31. The van der Waals surface area contributed by atoms with Crippen molar-refractivity contribution in [2.75, 3.05) is 6.61 Å². The Morgan fingerprint density at radius 2 is 1.83 bits per heavy atom. The van der Waals surface area contributed by atoms with Gasteiger partial charge in [-0.25, -0.2) is 4.79 Å². The van der Waals surface area contributed by atoms with E-state index in [9.17, 15) is 4.79 Å². The van der Waals surface area contributed by atoms with Gasteiger partial charge in [-0.2, -0.15) is 4.89 Å². The van der Waals surface area contributed by atoms with Crippen molar-refractivity contribution in [3.05, 3.63) is 11.8 Å². The maximum atomic E-state index is 10.2. The van der Waals surface area contributed by atoms with Gasteiger partial charge in [0.25, 0.3) is 0 Å². The molecular formula is C13H24O5. The second-order valence-electron chi connectivity index (χ2n) is 5.45. The first-order valence-corrected chi connectivity index (χ1v) is 5.98. The van der Waals surface area contributed by atoms with E-state index in [2.05, 4.69) is 25.5 Å². The lowest BCUT2D eigenvalue weighted by molar-refractivity contribution is -0.342. The third-order valence-corrected chi connectivity index (χ3v) is 3.44. The van der Waals surface area contributed by atoms with E-state index in [0.29, 0.717) is 5.57 Å². The third-order valence-electron chi connectivity index (χ3n) is 3.44. The molecule has 106 valence electrons. The maximum absolute atomic E-state index is 10.2. The summed E-state index contributed by atoms with van der Waals surface area (Å²) in [5.74, 6) is 0. The van der Waals surface area contributed by atoms with Gasteiger partial charge >= 0.3 is 6.16 Å². The first-order valence-electron chi connectivity index (χ1n) is 5.98. The van der Waals surface area contributed by atoms with Crippen LogP contribution in [0.3, 0.4) is 0 Å². The van der Waals surface area contributed by atoms with Gasteiger partial charge in [0.1, 0.15) is 18.5 Å². The summed E-state index contributed by atoms with van der Waals surface area (Å²) in [4.78, 5) is 20.6. The molecule has 0 saturated heterocycles.